The Morgan fingerprint density at radius 1 is 0.917 bits per heavy atom. The first kappa shape index (κ1) is 23.5. The van der Waals surface area contributed by atoms with Crippen LogP contribution in [0.1, 0.15) is 90.9 Å². The number of aliphatic hydroxyl groups excluding tert-OH is 1. The van der Waals surface area contributed by atoms with E-state index in [0.29, 0.717) is 13.0 Å². The van der Waals surface area contributed by atoms with Gasteiger partial charge in [-0.25, -0.2) is 8.78 Å². The molecule has 1 N–H and O–H groups in total. The summed E-state index contributed by atoms with van der Waals surface area (Å²) in [5, 5.41) is 9.86. The zero-order valence-corrected chi connectivity index (χ0v) is 15.7. The number of ether oxygens (including phenoxy) is 1. The number of rotatable bonds is 17. The number of hydrogen-bond acceptors (Lipinski definition) is 2. The number of unbranched alkanes of at least 4 members (excludes halogenated alkanes) is 9. The summed E-state index contributed by atoms with van der Waals surface area (Å²) in [4.78, 5) is 0. The molecule has 0 aliphatic carbocycles. The van der Waals surface area contributed by atoms with Crippen LogP contribution in [0.15, 0.2) is 12.7 Å². The van der Waals surface area contributed by atoms with Gasteiger partial charge in [-0.05, 0) is 12.8 Å². The molecule has 4 heteroatoms. The molecule has 0 aromatic carbocycles. The molecule has 0 amide bonds. The Labute approximate surface area is 147 Å². The first-order valence-electron chi connectivity index (χ1n) is 9.80. The van der Waals surface area contributed by atoms with E-state index in [0.717, 1.165) is 51.0 Å². The lowest BCUT2D eigenvalue weighted by molar-refractivity contribution is -0.180. The maximum Gasteiger partial charge on any atom is 0.302 e. The van der Waals surface area contributed by atoms with Gasteiger partial charge in [0.1, 0.15) is 12.2 Å². The molecular weight excluding hydrogens is 310 g/mol. The summed E-state index contributed by atoms with van der Waals surface area (Å²) in [6.45, 7) is 8.02. The van der Waals surface area contributed by atoms with E-state index in [1.807, 2.05) is 0 Å². The topological polar surface area (TPSA) is 29.5 Å². The Balaban J connectivity index is 4.04. The van der Waals surface area contributed by atoms with Crippen LogP contribution in [0.3, 0.4) is 0 Å². The fraction of sp³-hybridized carbons (Fsp3) is 0.900. The molecule has 2 unspecified atom stereocenters. The molecule has 0 aliphatic rings. The van der Waals surface area contributed by atoms with Gasteiger partial charge in [-0.1, -0.05) is 84.1 Å². The minimum Gasteiger partial charge on any atom is -0.387 e. The normalized spacial score (nSPS) is 14.5. The van der Waals surface area contributed by atoms with Crippen LogP contribution < -0.4 is 0 Å². The van der Waals surface area contributed by atoms with Gasteiger partial charge in [-0.3, -0.25) is 0 Å². The molecule has 0 rings (SSSR count). The van der Waals surface area contributed by atoms with E-state index in [1.165, 1.54) is 19.3 Å². The van der Waals surface area contributed by atoms with E-state index >= 15 is 0 Å². The van der Waals surface area contributed by atoms with E-state index in [9.17, 15) is 13.9 Å². The highest BCUT2D eigenvalue weighted by molar-refractivity contribution is 4.95. The Bertz CT molecular complexity index is 295. The summed E-state index contributed by atoms with van der Waals surface area (Å²) < 4.78 is 33.9. The monoisotopic (exact) mass is 348 g/mol. The van der Waals surface area contributed by atoms with Crippen LogP contribution in [-0.2, 0) is 4.74 Å². The zero-order chi connectivity index (χ0) is 18.3. The lowest BCUT2D eigenvalue weighted by Gasteiger charge is -2.29. The fourth-order valence-corrected chi connectivity index (χ4v) is 2.75. The van der Waals surface area contributed by atoms with E-state index in [2.05, 4.69) is 20.4 Å². The predicted molar refractivity (Wildman–Crippen MR) is 97.6 cm³/mol. The molecule has 0 saturated carbocycles. The quantitative estimate of drug-likeness (QED) is 0.248. The Hall–Kier alpha value is -0.480. The van der Waals surface area contributed by atoms with Crippen molar-refractivity contribution in [2.45, 2.75) is 109 Å². The molecule has 0 bridgehead atoms. The number of alkyl halides is 2. The molecule has 0 aliphatic heterocycles. The maximum absolute atomic E-state index is 14.3. The molecule has 2 atom stereocenters. The lowest BCUT2D eigenvalue weighted by Crippen LogP contribution is -2.45. The van der Waals surface area contributed by atoms with Crippen LogP contribution in [0.5, 0.6) is 0 Å². The Kier molecular flexibility index (Phi) is 14.5. The standard InChI is InChI=1S/C20H38F2O2/c1-4-7-9-11-13-15-17-24-19(6-3)20(21,22)18(23)16-14-12-10-8-5-2/h6,18-19,23H,3-5,7-17H2,1-2H3. The molecule has 0 aromatic heterocycles. The van der Waals surface area contributed by atoms with Gasteiger partial charge < -0.3 is 9.84 Å². The van der Waals surface area contributed by atoms with Crippen molar-refractivity contribution in [3.8, 4) is 0 Å². The smallest absolute Gasteiger partial charge is 0.302 e. The minimum absolute atomic E-state index is 0.113. The summed E-state index contributed by atoms with van der Waals surface area (Å²) in [5.74, 6) is -3.27. The van der Waals surface area contributed by atoms with Gasteiger partial charge in [-0.2, -0.15) is 0 Å². The highest BCUT2D eigenvalue weighted by Crippen LogP contribution is 2.29. The second-order valence-corrected chi connectivity index (χ2v) is 6.69. The number of halogens is 2. The van der Waals surface area contributed by atoms with Crippen molar-refractivity contribution in [2.24, 2.45) is 0 Å². The van der Waals surface area contributed by atoms with Gasteiger partial charge in [0, 0.05) is 6.61 Å². The largest absolute Gasteiger partial charge is 0.387 e. The second kappa shape index (κ2) is 14.8. The third-order valence-electron chi connectivity index (χ3n) is 4.41. The summed E-state index contributed by atoms with van der Waals surface area (Å²) in [5.41, 5.74) is 0. The molecule has 0 saturated heterocycles. The third kappa shape index (κ3) is 10.4. The molecule has 0 spiro atoms. The molecule has 0 aromatic rings. The molecule has 0 heterocycles. The number of aliphatic hydroxyl groups is 1. The first-order valence-corrected chi connectivity index (χ1v) is 9.80. The maximum atomic E-state index is 14.3. The highest BCUT2D eigenvalue weighted by Gasteiger charge is 2.45. The van der Waals surface area contributed by atoms with Crippen LogP contribution >= 0.6 is 0 Å². The van der Waals surface area contributed by atoms with E-state index in [-0.39, 0.29) is 6.42 Å². The molecule has 144 valence electrons. The van der Waals surface area contributed by atoms with Gasteiger partial charge in [-0.15, -0.1) is 6.58 Å². The zero-order valence-electron chi connectivity index (χ0n) is 15.7. The highest BCUT2D eigenvalue weighted by atomic mass is 19.3. The van der Waals surface area contributed by atoms with Crippen molar-refractivity contribution in [1.82, 2.24) is 0 Å². The molecule has 0 fully saturated rings. The van der Waals surface area contributed by atoms with Crippen LogP contribution in [0.25, 0.3) is 0 Å². The minimum atomic E-state index is -3.27. The third-order valence-corrected chi connectivity index (χ3v) is 4.41. The van der Waals surface area contributed by atoms with Gasteiger partial charge >= 0.3 is 5.92 Å². The van der Waals surface area contributed by atoms with Gasteiger partial charge in [0.05, 0.1) is 0 Å². The summed E-state index contributed by atoms with van der Waals surface area (Å²) in [7, 11) is 0. The van der Waals surface area contributed by atoms with Crippen molar-refractivity contribution >= 4 is 0 Å². The van der Waals surface area contributed by atoms with Crippen LogP contribution in [0.4, 0.5) is 8.78 Å². The summed E-state index contributed by atoms with van der Waals surface area (Å²) in [6.07, 6.45) is 9.44. The average Bonchev–Trinajstić information content (AvgIpc) is 2.56. The van der Waals surface area contributed by atoms with E-state index < -0.39 is 18.1 Å². The fourth-order valence-electron chi connectivity index (χ4n) is 2.75. The van der Waals surface area contributed by atoms with E-state index in [4.69, 9.17) is 4.74 Å². The molecular formula is C20H38F2O2. The van der Waals surface area contributed by atoms with Crippen molar-refractivity contribution in [3.05, 3.63) is 12.7 Å². The second-order valence-electron chi connectivity index (χ2n) is 6.69. The average molecular weight is 349 g/mol. The lowest BCUT2D eigenvalue weighted by atomic mass is 10.00. The van der Waals surface area contributed by atoms with Crippen molar-refractivity contribution in [2.75, 3.05) is 6.61 Å². The Morgan fingerprint density at radius 2 is 1.42 bits per heavy atom. The SMILES string of the molecule is C=CC(OCCCCCCCC)C(F)(F)C(O)CCCCCCC. The van der Waals surface area contributed by atoms with Gasteiger partial charge in [0.25, 0.3) is 0 Å². The Morgan fingerprint density at radius 3 is 1.96 bits per heavy atom. The first-order chi connectivity index (χ1) is 11.5. The molecule has 2 nitrogen and oxygen atoms in total. The number of hydrogen-bond donors (Lipinski definition) is 1. The summed E-state index contributed by atoms with van der Waals surface area (Å²) in [6, 6.07) is 0. The van der Waals surface area contributed by atoms with E-state index in [1.54, 1.807) is 0 Å². The van der Waals surface area contributed by atoms with Crippen LogP contribution in [0, 0.1) is 0 Å². The van der Waals surface area contributed by atoms with Gasteiger partial charge in [0.15, 0.2) is 0 Å². The van der Waals surface area contributed by atoms with Crippen LogP contribution in [0.2, 0.25) is 0 Å². The molecule has 0 radical (unpaired) electrons. The van der Waals surface area contributed by atoms with Crippen molar-refractivity contribution < 1.29 is 18.6 Å². The van der Waals surface area contributed by atoms with Crippen molar-refractivity contribution in [1.29, 1.82) is 0 Å². The van der Waals surface area contributed by atoms with Crippen LogP contribution in [-0.4, -0.2) is 29.8 Å². The summed E-state index contributed by atoms with van der Waals surface area (Å²) >= 11 is 0. The van der Waals surface area contributed by atoms with Gasteiger partial charge in [0.2, 0.25) is 0 Å². The van der Waals surface area contributed by atoms with Crippen molar-refractivity contribution in [3.63, 3.8) is 0 Å². The molecule has 24 heavy (non-hydrogen) atoms. The predicted octanol–water partition coefficient (Wildman–Crippen LogP) is 6.27.